The third-order valence-corrected chi connectivity index (χ3v) is 3.15. The molecule has 13 heavy (non-hydrogen) atoms. The van der Waals surface area contributed by atoms with E-state index in [9.17, 15) is 4.79 Å². The molecule has 0 amide bonds. The second-order valence-corrected chi connectivity index (χ2v) is 4.33. The van der Waals surface area contributed by atoms with Crippen LogP contribution in [0.2, 0.25) is 5.02 Å². The molecule has 0 bridgehead atoms. The van der Waals surface area contributed by atoms with Gasteiger partial charge in [0.05, 0.1) is 17.7 Å². The summed E-state index contributed by atoms with van der Waals surface area (Å²) in [6.07, 6.45) is 0. The first-order valence-electron chi connectivity index (χ1n) is 3.32. The Morgan fingerprint density at radius 2 is 2.23 bits per heavy atom. The first kappa shape index (κ1) is 11.1. The van der Waals surface area contributed by atoms with Crippen LogP contribution in [0.5, 0.6) is 0 Å². The maximum Gasteiger partial charge on any atom is 0.338 e. The molecule has 1 aromatic rings. The number of halogens is 2. The van der Waals surface area contributed by atoms with Crippen molar-refractivity contribution in [3.8, 4) is 0 Å². The van der Waals surface area contributed by atoms with Crippen molar-refractivity contribution in [2.24, 2.45) is 0 Å². The molecule has 0 radical (unpaired) electrons. The van der Waals surface area contributed by atoms with Crippen LogP contribution in [0, 0.1) is 3.57 Å². The van der Waals surface area contributed by atoms with Gasteiger partial charge in [-0.3, -0.25) is 0 Å². The SMILES string of the molecule is COC(=O)c1cc(S)c(Cl)cc1I. The van der Waals surface area contributed by atoms with Gasteiger partial charge in [-0.05, 0) is 34.7 Å². The van der Waals surface area contributed by atoms with E-state index in [1.807, 2.05) is 22.6 Å². The van der Waals surface area contributed by atoms with Gasteiger partial charge in [0.15, 0.2) is 0 Å². The first-order valence-corrected chi connectivity index (χ1v) is 5.23. The first-order chi connectivity index (χ1) is 6.06. The number of thiol groups is 1. The zero-order chi connectivity index (χ0) is 10.0. The fourth-order valence-corrected chi connectivity index (χ4v) is 2.03. The number of ether oxygens (including phenoxy) is 1. The average molecular weight is 329 g/mol. The number of carbonyl (C=O) groups is 1. The molecule has 5 heteroatoms. The number of hydrogen-bond acceptors (Lipinski definition) is 3. The average Bonchev–Trinajstić information content (AvgIpc) is 2.10. The number of benzene rings is 1. The smallest absolute Gasteiger partial charge is 0.338 e. The molecule has 0 fully saturated rings. The van der Waals surface area contributed by atoms with Gasteiger partial charge >= 0.3 is 5.97 Å². The van der Waals surface area contributed by atoms with Crippen molar-refractivity contribution in [1.82, 2.24) is 0 Å². The second kappa shape index (κ2) is 4.52. The van der Waals surface area contributed by atoms with E-state index in [2.05, 4.69) is 17.4 Å². The van der Waals surface area contributed by atoms with Crippen LogP contribution in [0.1, 0.15) is 10.4 Å². The quantitative estimate of drug-likeness (QED) is 0.487. The van der Waals surface area contributed by atoms with Gasteiger partial charge in [0.1, 0.15) is 0 Å². The highest BCUT2D eigenvalue weighted by Crippen LogP contribution is 2.25. The molecule has 0 saturated heterocycles. The molecule has 1 rings (SSSR count). The molecule has 0 saturated carbocycles. The summed E-state index contributed by atoms with van der Waals surface area (Å²) in [6.45, 7) is 0. The van der Waals surface area contributed by atoms with Crippen molar-refractivity contribution in [1.29, 1.82) is 0 Å². The molecule has 0 heterocycles. The highest BCUT2D eigenvalue weighted by atomic mass is 127. The van der Waals surface area contributed by atoms with Crippen LogP contribution in [0.3, 0.4) is 0 Å². The number of methoxy groups -OCH3 is 1. The van der Waals surface area contributed by atoms with E-state index in [0.29, 0.717) is 15.5 Å². The molecular formula is C8H6ClIO2S. The van der Waals surface area contributed by atoms with E-state index in [0.717, 1.165) is 3.57 Å². The maximum absolute atomic E-state index is 11.2. The van der Waals surface area contributed by atoms with E-state index >= 15 is 0 Å². The van der Waals surface area contributed by atoms with Gasteiger partial charge in [-0.15, -0.1) is 12.6 Å². The molecule has 0 unspecified atom stereocenters. The zero-order valence-corrected chi connectivity index (χ0v) is 10.5. The lowest BCUT2D eigenvalue weighted by molar-refractivity contribution is 0.0599. The summed E-state index contributed by atoms with van der Waals surface area (Å²) in [5.41, 5.74) is 0.484. The second-order valence-electron chi connectivity index (χ2n) is 2.28. The molecule has 0 aliphatic rings. The van der Waals surface area contributed by atoms with Crippen molar-refractivity contribution >= 4 is 52.8 Å². The molecular weight excluding hydrogens is 323 g/mol. The maximum atomic E-state index is 11.2. The van der Waals surface area contributed by atoms with Crippen molar-refractivity contribution in [3.05, 3.63) is 26.3 Å². The standard InChI is InChI=1S/C8H6ClIO2S/c1-12-8(11)4-2-7(13)5(9)3-6(4)10/h2-3,13H,1H3. The minimum absolute atomic E-state index is 0.378. The summed E-state index contributed by atoms with van der Waals surface area (Å²) < 4.78 is 5.35. The van der Waals surface area contributed by atoms with Crippen LogP contribution in [0.15, 0.2) is 17.0 Å². The summed E-state index contributed by atoms with van der Waals surface area (Å²) in [4.78, 5) is 11.8. The van der Waals surface area contributed by atoms with E-state index in [1.54, 1.807) is 12.1 Å². The highest BCUT2D eigenvalue weighted by molar-refractivity contribution is 14.1. The predicted octanol–water partition coefficient (Wildman–Crippen LogP) is 3.02. The van der Waals surface area contributed by atoms with E-state index in [1.165, 1.54) is 7.11 Å². The lowest BCUT2D eigenvalue weighted by Gasteiger charge is -2.04. The molecule has 0 aromatic heterocycles. The number of carbonyl (C=O) groups excluding carboxylic acids is 1. The van der Waals surface area contributed by atoms with Gasteiger partial charge in [0.2, 0.25) is 0 Å². The third kappa shape index (κ3) is 2.51. The number of hydrogen-bond donors (Lipinski definition) is 1. The van der Waals surface area contributed by atoms with Gasteiger partial charge in [-0.2, -0.15) is 0 Å². The summed E-state index contributed by atoms with van der Waals surface area (Å²) in [5.74, 6) is -0.378. The van der Waals surface area contributed by atoms with Crippen molar-refractivity contribution < 1.29 is 9.53 Å². The third-order valence-electron chi connectivity index (χ3n) is 1.44. The molecule has 0 atom stereocenters. The van der Waals surface area contributed by atoms with Gasteiger partial charge in [0.25, 0.3) is 0 Å². The fraction of sp³-hybridized carbons (Fsp3) is 0.125. The predicted molar refractivity (Wildman–Crippen MR) is 62.8 cm³/mol. The Balaban J connectivity index is 3.23. The minimum atomic E-state index is -0.378. The van der Waals surface area contributed by atoms with E-state index in [4.69, 9.17) is 11.6 Å². The van der Waals surface area contributed by atoms with Crippen LogP contribution in [-0.2, 0) is 4.74 Å². The van der Waals surface area contributed by atoms with E-state index < -0.39 is 0 Å². The largest absolute Gasteiger partial charge is 0.465 e. The van der Waals surface area contributed by atoms with E-state index in [-0.39, 0.29) is 5.97 Å². The Kier molecular flexibility index (Phi) is 3.87. The normalized spacial score (nSPS) is 9.85. The Morgan fingerprint density at radius 3 is 2.77 bits per heavy atom. The lowest BCUT2D eigenvalue weighted by Crippen LogP contribution is -2.03. The Hall–Kier alpha value is 0.0600. The number of rotatable bonds is 1. The fourth-order valence-electron chi connectivity index (χ4n) is 0.804. The Morgan fingerprint density at radius 1 is 1.62 bits per heavy atom. The van der Waals surface area contributed by atoms with Gasteiger partial charge in [-0.1, -0.05) is 11.6 Å². The van der Waals surface area contributed by atoms with Crippen LogP contribution in [0.4, 0.5) is 0 Å². The molecule has 0 aliphatic heterocycles. The summed E-state index contributed by atoms with van der Waals surface area (Å²) in [7, 11) is 1.34. The van der Waals surface area contributed by atoms with Crippen molar-refractivity contribution in [2.45, 2.75) is 4.90 Å². The number of esters is 1. The summed E-state index contributed by atoms with van der Waals surface area (Å²) in [6, 6.07) is 3.27. The molecule has 0 aliphatic carbocycles. The topological polar surface area (TPSA) is 26.3 Å². The van der Waals surface area contributed by atoms with Gasteiger partial charge in [-0.25, -0.2) is 4.79 Å². The summed E-state index contributed by atoms with van der Waals surface area (Å²) in [5, 5.41) is 0.528. The van der Waals surface area contributed by atoms with Crippen LogP contribution < -0.4 is 0 Å². The Bertz CT molecular complexity index is 354. The molecule has 1 aromatic carbocycles. The molecule has 2 nitrogen and oxygen atoms in total. The van der Waals surface area contributed by atoms with Gasteiger partial charge in [0, 0.05) is 8.47 Å². The zero-order valence-electron chi connectivity index (χ0n) is 6.67. The van der Waals surface area contributed by atoms with Crippen LogP contribution in [0.25, 0.3) is 0 Å². The van der Waals surface area contributed by atoms with Crippen molar-refractivity contribution in [2.75, 3.05) is 7.11 Å². The van der Waals surface area contributed by atoms with Gasteiger partial charge < -0.3 is 4.74 Å². The lowest BCUT2D eigenvalue weighted by atomic mass is 10.2. The van der Waals surface area contributed by atoms with Crippen LogP contribution in [-0.4, -0.2) is 13.1 Å². The van der Waals surface area contributed by atoms with Crippen LogP contribution >= 0.6 is 46.8 Å². The highest BCUT2D eigenvalue weighted by Gasteiger charge is 2.12. The summed E-state index contributed by atoms with van der Waals surface area (Å²) >= 11 is 11.9. The molecule has 0 spiro atoms. The Labute approximate surface area is 100 Å². The monoisotopic (exact) mass is 328 g/mol. The molecule has 70 valence electrons. The van der Waals surface area contributed by atoms with Crippen molar-refractivity contribution in [3.63, 3.8) is 0 Å². The minimum Gasteiger partial charge on any atom is -0.465 e. The molecule has 0 N–H and O–H groups in total.